The van der Waals surface area contributed by atoms with Crippen LogP contribution in [-0.2, 0) is 20.9 Å². The van der Waals surface area contributed by atoms with Crippen molar-refractivity contribution in [1.29, 1.82) is 0 Å². The van der Waals surface area contributed by atoms with Crippen molar-refractivity contribution in [2.75, 3.05) is 7.11 Å². The molecule has 0 unspecified atom stereocenters. The van der Waals surface area contributed by atoms with Crippen molar-refractivity contribution in [3.8, 4) is 0 Å². The maximum atomic E-state index is 13.2. The molecular formula is C11H11FO4. The van der Waals surface area contributed by atoms with E-state index in [2.05, 4.69) is 9.47 Å². The number of methoxy groups -OCH3 is 1. The first-order chi connectivity index (χ1) is 7.54. The molecule has 0 radical (unpaired) electrons. The Morgan fingerprint density at radius 3 is 2.62 bits per heavy atom. The van der Waals surface area contributed by atoms with Gasteiger partial charge in [-0.15, -0.1) is 0 Å². The van der Waals surface area contributed by atoms with E-state index in [9.17, 15) is 14.0 Å². The molecule has 86 valence electrons. The first kappa shape index (κ1) is 12.2. The lowest BCUT2D eigenvalue weighted by atomic mass is 10.1. The summed E-state index contributed by atoms with van der Waals surface area (Å²) in [6.07, 6.45) is 0. The Morgan fingerprint density at radius 1 is 1.38 bits per heavy atom. The molecule has 0 saturated heterocycles. The normalized spacial score (nSPS) is 9.69. The van der Waals surface area contributed by atoms with Crippen molar-refractivity contribution in [2.24, 2.45) is 0 Å². The molecule has 0 aromatic heterocycles. The van der Waals surface area contributed by atoms with Crippen LogP contribution in [0.15, 0.2) is 18.2 Å². The summed E-state index contributed by atoms with van der Waals surface area (Å²) in [6, 6.07) is 3.73. The molecule has 0 N–H and O–H groups in total. The summed E-state index contributed by atoms with van der Waals surface area (Å²) in [5.74, 6) is -1.61. The van der Waals surface area contributed by atoms with Gasteiger partial charge in [0.05, 0.1) is 12.7 Å². The van der Waals surface area contributed by atoms with E-state index in [1.807, 2.05) is 0 Å². The van der Waals surface area contributed by atoms with Crippen LogP contribution >= 0.6 is 0 Å². The van der Waals surface area contributed by atoms with Crippen LogP contribution in [0.2, 0.25) is 0 Å². The fourth-order valence-corrected chi connectivity index (χ4v) is 1.11. The molecule has 0 atom stereocenters. The van der Waals surface area contributed by atoms with Crippen LogP contribution in [0.5, 0.6) is 0 Å². The second-order valence-electron chi connectivity index (χ2n) is 3.08. The average molecular weight is 226 g/mol. The van der Waals surface area contributed by atoms with Crippen molar-refractivity contribution in [1.82, 2.24) is 0 Å². The van der Waals surface area contributed by atoms with Gasteiger partial charge in [-0.1, -0.05) is 0 Å². The fraction of sp³-hybridized carbons (Fsp3) is 0.273. The lowest BCUT2D eigenvalue weighted by molar-refractivity contribution is -0.142. The number of carbonyl (C=O) groups excluding carboxylic acids is 2. The number of halogens is 1. The molecule has 0 heterocycles. The molecule has 5 heteroatoms. The standard InChI is InChI=1S/C11H11FO4/c1-7(13)16-6-9-5-8(11(14)15-2)3-4-10(9)12/h3-5H,6H2,1-2H3. The maximum Gasteiger partial charge on any atom is 0.337 e. The molecule has 0 aliphatic rings. The van der Waals surface area contributed by atoms with Gasteiger partial charge in [-0.25, -0.2) is 9.18 Å². The molecule has 0 bridgehead atoms. The quantitative estimate of drug-likeness (QED) is 0.736. The molecule has 0 saturated carbocycles. The third-order valence-corrected chi connectivity index (χ3v) is 1.90. The predicted molar refractivity (Wildman–Crippen MR) is 53.2 cm³/mol. The van der Waals surface area contributed by atoms with Gasteiger partial charge in [-0.2, -0.15) is 0 Å². The Labute approximate surface area is 92.0 Å². The zero-order valence-corrected chi connectivity index (χ0v) is 8.95. The van der Waals surface area contributed by atoms with Crippen molar-refractivity contribution in [2.45, 2.75) is 13.5 Å². The molecular weight excluding hydrogens is 215 g/mol. The van der Waals surface area contributed by atoms with E-state index in [0.29, 0.717) is 0 Å². The van der Waals surface area contributed by atoms with Crippen molar-refractivity contribution < 1.29 is 23.5 Å². The molecule has 1 aromatic rings. The maximum absolute atomic E-state index is 13.2. The minimum atomic E-state index is -0.566. The summed E-state index contributed by atoms with van der Waals surface area (Å²) < 4.78 is 22.4. The zero-order chi connectivity index (χ0) is 12.1. The summed E-state index contributed by atoms with van der Waals surface area (Å²) in [6.45, 7) is 1.02. The van der Waals surface area contributed by atoms with Gasteiger partial charge in [-0.3, -0.25) is 4.79 Å². The average Bonchev–Trinajstić information content (AvgIpc) is 2.26. The van der Waals surface area contributed by atoms with E-state index in [-0.39, 0.29) is 17.7 Å². The summed E-state index contributed by atoms with van der Waals surface area (Å²) >= 11 is 0. The highest BCUT2D eigenvalue weighted by molar-refractivity contribution is 5.89. The van der Waals surface area contributed by atoms with Gasteiger partial charge < -0.3 is 9.47 Å². The number of ether oxygens (including phenoxy) is 2. The van der Waals surface area contributed by atoms with Crippen LogP contribution in [0.3, 0.4) is 0 Å². The minimum Gasteiger partial charge on any atom is -0.465 e. The number of hydrogen-bond acceptors (Lipinski definition) is 4. The van der Waals surface area contributed by atoms with Crippen LogP contribution in [0, 0.1) is 5.82 Å². The second-order valence-corrected chi connectivity index (χ2v) is 3.08. The van der Waals surface area contributed by atoms with Crippen LogP contribution < -0.4 is 0 Å². The van der Waals surface area contributed by atoms with E-state index >= 15 is 0 Å². The summed E-state index contributed by atoms with van der Waals surface area (Å²) in [7, 11) is 1.23. The van der Waals surface area contributed by atoms with Gasteiger partial charge in [0.25, 0.3) is 0 Å². The van der Waals surface area contributed by atoms with E-state index in [1.165, 1.54) is 26.2 Å². The smallest absolute Gasteiger partial charge is 0.337 e. The molecule has 0 fully saturated rings. The van der Waals surface area contributed by atoms with Gasteiger partial charge in [0, 0.05) is 12.5 Å². The highest BCUT2D eigenvalue weighted by atomic mass is 19.1. The SMILES string of the molecule is COC(=O)c1ccc(F)c(COC(C)=O)c1. The van der Waals surface area contributed by atoms with Crippen LogP contribution in [-0.4, -0.2) is 19.0 Å². The van der Waals surface area contributed by atoms with E-state index in [0.717, 1.165) is 6.07 Å². The lowest BCUT2D eigenvalue weighted by Gasteiger charge is -2.05. The summed E-state index contributed by atoms with van der Waals surface area (Å²) in [4.78, 5) is 21.7. The van der Waals surface area contributed by atoms with E-state index in [4.69, 9.17) is 0 Å². The monoisotopic (exact) mass is 226 g/mol. The van der Waals surface area contributed by atoms with Gasteiger partial charge in [-0.05, 0) is 18.2 Å². The first-order valence-electron chi connectivity index (χ1n) is 4.54. The van der Waals surface area contributed by atoms with Crippen molar-refractivity contribution in [3.05, 3.63) is 35.1 Å². The first-order valence-corrected chi connectivity index (χ1v) is 4.54. The third-order valence-electron chi connectivity index (χ3n) is 1.90. The predicted octanol–water partition coefficient (Wildman–Crippen LogP) is 1.68. The van der Waals surface area contributed by atoms with Crippen LogP contribution in [0.1, 0.15) is 22.8 Å². The van der Waals surface area contributed by atoms with Gasteiger partial charge in [0.1, 0.15) is 12.4 Å². The summed E-state index contributed by atoms with van der Waals surface area (Å²) in [5.41, 5.74) is 0.351. The lowest BCUT2D eigenvalue weighted by Crippen LogP contribution is -2.05. The number of rotatable bonds is 3. The Morgan fingerprint density at radius 2 is 2.06 bits per heavy atom. The molecule has 0 aliphatic carbocycles. The number of benzene rings is 1. The van der Waals surface area contributed by atoms with E-state index in [1.54, 1.807) is 0 Å². The number of hydrogen-bond donors (Lipinski definition) is 0. The highest BCUT2D eigenvalue weighted by Crippen LogP contribution is 2.12. The molecule has 4 nitrogen and oxygen atoms in total. The van der Waals surface area contributed by atoms with Crippen LogP contribution in [0.4, 0.5) is 4.39 Å². The van der Waals surface area contributed by atoms with Gasteiger partial charge in [0.2, 0.25) is 0 Å². The Balaban J connectivity index is 2.90. The van der Waals surface area contributed by atoms with E-state index < -0.39 is 17.8 Å². The molecule has 0 amide bonds. The Kier molecular flexibility index (Phi) is 3.99. The molecule has 0 aliphatic heterocycles. The van der Waals surface area contributed by atoms with Crippen molar-refractivity contribution >= 4 is 11.9 Å². The molecule has 1 rings (SSSR count). The topological polar surface area (TPSA) is 52.6 Å². The number of esters is 2. The second kappa shape index (κ2) is 5.25. The third kappa shape index (κ3) is 3.05. The number of carbonyl (C=O) groups is 2. The molecule has 1 aromatic carbocycles. The largest absolute Gasteiger partial charge is 0.465 e. The Bertz CT molecular complexity index is 414. The van der Waals surface area contributed by atoms with Crippen molar-refractivity contribution in [3.63, 3.8) is 0 Å². The zero-order valence-electron chi connectivity index (χ0n) is 8.95. The van der Waals surface area contributed by atoms with Gasteiger partial charge >= 0.3 is 11.9 Å². The Hall–Kier alpha value is -1.91. The summed E-state index contributed by atoms with van der Waals surface area (Å²) in [5, 5.41) is 0. The fourth-order valence-electron chi connectivity index (χ4n) is 1.11. The van der Waals surface area contributed by atoms with Crippen LogP contribution in [0.25, 0.3) is 0 Å². The molecule has 0 spiro atoms. The van der Waals surface area contributed by atoms with Gasteiger partial charge in [0.15, 0.2) is 0 Å². The minimum absolute atomic E-state index is 0.137. The molecule has 16 heavy (non-hydrogen) atoms. The highest BCUT2D eigenvalue weighted by Gasteiger charge is 2.10.